The lowest BCUT2D eigenvalue weighted by atomic mass is 10.1. The van der Waals surface area contributed by atoms with Crippen LogP contribution >= 0.6 is 0 Å². The monoisotopic (exact) mass is 504 g/mol. The van der Waals surface area contributed by atoms with Crippen molar-refractivity contribution in [2.75, 3.05) is 5.32 Å². The molecule has 10 heteroatoms. The molecule has 3 aromatic heterocycles. The van der Waals surface area contributed by atoms with Crippen LogP contribution in [-0.4, -0.2) is 36.2 Å². The van der Waals surface area contributed by atoms with Crippen LogP contribution in [0.5, 0.6) is 0 Å². The Balaban J connectivity index is 1.57. The van der Waals surface area contributed by atoms with E-state index in [4.69, 9.17) is 0 Å². The lowest BCUT2D eigenvalue weighted by molar-refractivity contribution is 0.0951. The average Bonchev–Trinajstić information content (AvgIpc) is 3.28. The van der Waals surface area contributed by atoms with E-state index in [-0.39, 0.29) is 24.2 Å². The van der Waals surface area contributed by atoms with Gasteiger partial charge in [0.15, 0.2) is 5.65 Å². The van der Waals surface area contributed by atoms with Crippen molar-refractivity contribution in [3.63, 3.8) is 0 Å². The zero-order valence-electron chi connectivity index (χ0n) is 20.6. The lowest BCUT2D eigenvalue weighted by Gasteiger charge is -2.13. The molecule has 0 atom stereocenters. The molecule has 0 fully saturated rings. The molecule has 190 valence electrons. The van der Waals surface area contributed by atoms with Gasteiger partial charge in [0.1, 0.15) is 11.4 Å². The van der Waals surface area contributed by atoms with Gasteiger partial charge < -0.3 is 15.7 Å². The Morgan fingerprint density at radius 2 is 2.03 bits per heavy atom. The Kier molecular flexibility index (Phi) is 7.45. The first kappa shape index (κ1) is 25.7. The largest absolute Gasteiger partial charge is 0.378 e. The van der Waals surface area contributed by atoms with Crippen LogP contribution in [-0.2, 0) is 13.1 Å². The number of anilines is 1. The third kappa shape index (κ3) is 6.65. The van der Waals surface area contributed by atoms with Crippen LogP contribution in [0.15, 0.2) is 55.0 Å². The second-order valence-electron chi connectivity index (χ2n) is 9.02. The van der Waals surface area contributed by atoms with Crippen LogP contribution in [0.4, 0.5) is 14.6 Å². The van der Waals surface area contributed by atoms with Crippen LogP contribution in [0.3, 0.4) is 0 Å². The summed E-state index contributed by atoms with van der Waals surface area (Å²) in [5, 5.41) is 20.0. The fraction of sp³-hybridized carbons (Fsp3) is 0.259. The summed E-state index contributed by atoms with van der Waals surface area (Å²) in [6.07, 6.45) is 2.32. The van der Waals surface area contributed by atoms with Gasteiger partial charge >= 0.3 is 0 Å². The number of carbonyl (C=O) groups excluding carboxylic acids is 1. The number of benzene rings is 1. The van der Waals surface area contributed by atoms with Crippen molar-refractivity contribution in [2.45, 2.75) is 45.9 Å². The number of halogens is 2. The van der Waals surface area contributed by atoms with Gasteiger partial charge in [-0.25, -0.2) is 23.3 Å². The quantitative estimate of drug-likeness (QED) is 0.328. The fourth-order valence-corrected chi connectivity index (χ4v) is 3.52. The summed E-state index contributed by atoms with van der Waals surface area (Å²) in [5.74, 6) is 5.36. The molecule has 8 nitrogen and oxygen atoms in total. The van der Waals surface area contributed by atoms with E-state index >= 15 is 0 Å². The first-order valence-electron chi connectivity index (χ1n) is 11.5. The van der Waals surface area contributed by atoms with Gasteiger partial charge in [-0.05, 0) is 56.2 Å². The molecule has 0 aliphatic rings. The van der Waals surface area contributed by atoms with E-state index in [1.165, 1.54) is 12.3 Å². The Morgan fingerprint density at radius 3 is 2.76 bits per heavy atom. The van der Waals surface area contributed by atoms with Crippen molar-refractivity contribution < 1.29 is 18.7 Å². The SMILES string of the molecule is Cc1ccc(CNC(=O)c2cc(C#CC(C)(C)O)cnc2NCc2cn3ncccc3n2)cc1C(F)F. The summed E-state index contributed by atoms with van der Waals surface area (Å²) in [5.41, 5.74) is 1.77. The summed E-state index contributed by atoms with van der Waals surface area (Å²) in [4.78, 5) is 22.0. The normalized spacial score (nSPS) is 11.3. The molecule has 3 heterocycles. The topological polar surface area (TPSA) is 104 Å². The number of nitrogens with one attached hydrogen (secondary N) is 2. The molecule has 4 aromatic rings. The number of carbonyl (C=O) groups is 1. The van der Waals surface area contributed by atoms with Crippen molar-refractivity contribution in [3.05, 3.63) is 88.5 Å². The Morgan fingerprint density at radius 1 is 1.22 bits per heavy atom. The van der Waals surface area contributed by atoms with Crippen molar-refractivity contribution in [1.82, 2.24) is 24.9 Å². The standard InChI is InChI=1S/C27H26F2N6O2/c1-17-6-7-18(11-21(17)24(28)29)14-32-26(36)22-12-19(8-9-27(2,3)37)13-30-25(22)31-15-20-16-35-23(34-20)5-4-10-33-35/h4-7,10-13,16,24,37H,14-15H2,1-3H3,(H,30,31)(H,32,36). The first-order chi connectivity index (χ1) is 17.6. The molecule has 0 radical (unpaired) electrons. The van der Waals surface area contributed by atoms with Crippen LogP contribution in [0.25, 0.3) is 5.65 Å². The van der Waals surface area contributed by atoms with E-state index in [1.807, 2.05) is 6.07 Å². The molecule has 1 amide bonds. The van der Waals surface area contributed by atoms with Crippen molar-refractivity contribution in [2.24, 2.45) is 0 Å². The average molecular weight is 505 g/mol. The highest BCUT2D eigenvalue weighted by molar-refractivity contribution is 5.99. The highest BCUT2D eigenvalue weighted by atomic mass is 19.3. The number of alkyl halides is 2. The molecule has 0 spiro atoms. The van der Waals surface area contributed by atoms with Gasteiger partial charge in [0.25, 0.3) is 12.3 Å². The second kappa shape index (κ2) is 10.7. The summed E-state index contributed by atoms with van der Waals surface area (Å²) in [7, 11) is 0. The zero-order chi connectivity index (χ0) is 26.6. The number of rotatable bonds is 7. The molecular weight excluding hydrogens is 478 g/mol. The van der Waals surface area contributed by atoms with E-state index < -0.39 is 17.9 Å². The van der Waals surface area contributed by atoms with E-state index in [0.29, 0.717) is 33.8 Å². The van der Waals surface area contributed by atoms with Crippen molar-refractivity contribution >= 4 is 17.4 Å². The molecule has 37 heavy (non-hydrogen) atoms. The molecule has 1 aromatic carbocycles. The van der Waals surface area contributed by atoms with Crippen LogP contribution in [0.1, 0.15) is 58.6 Å². The minimum absolute atomic E-state index is 0.0515. The Labute approximate surface area is 212 Å². The number of aliphatic hydroxyl groups is 1. The maximum absolute atomic E-state index is 13.3. The molecule has 4 rings (SSSR count). The minimum atomic E-state index is -2.60. The highest BCUT2D eigenvalue weighted by Crippen LogP contribution is 2.24. The number of fused-ring (bicyclic) bond motifs is 1. The van der Waals surface area contributed by atoms with Crippen molar-refractivity contribution in [1.29, 1.82) is 0 Å². The maximum Gasteiger partial charge on any atom is 0.264 e. The van der Waals surface area contributed by atoms with E-state index in [9.17, 15) is 18.7 Å². The summed E-state index contributed by atoms with van der Waals surface area (Å²) in [6.45, 7) is 5.05. The number of hydrogen-bond acceptors (Lipinski definition) is 6. The van der Waals surface area contributed by atoms with E-state index in [0.717, 1.165) is 0 Å². The van der Waals surface area contributed by atoms with Gasteiger partial charge in [-0.3, -0.25) is 4.79 Å². The molecule has 0 saturated carbocycles. The number of aryl methyl sites for hydroxylation is 1. The minimum Gasteiger partial charge on any atom is -0.378 e. The molecular formula is C27H26F2N6O2. The lowest BCUT2D eigenvalue weighted by Crippen LogP contribution is -2.24. The fourth-order valence-electron chi connectivity index (χ4n) is 3.52. The van der Waals surface area contributed by atoms with Crippen LogP contribution in [0, 0.1) is 18.8 Å². The van der Waals surface area contributed by atoms with Gasteiger partial charge in [0.2, 0.25) is 0 Å². The van der Waals surface area contributed by atoms with Crippen LogP contribution < -0.4 is 10.6 Å². The number of pyridine rings is 1. The van der Waals surface area contributed by atoms with Crippen molar-refractivity contribution in [3.8, 4) is 11.8 Å². The van der Waals surface area contributed by atoms with Gasteiger partial charge in [-0.15, -0.1) is 0 Å². The van der Waals surface area contributed by atoms with Gasteiger partial charge in [0, 0.05) is 30.1 Å². The number of imidazole rings is 1. The summed E-state index contributed by atoms with van der Waals surface area (Å²) in [6, 6.07) is 9.87. The molecule has 0 aliphatic carbocycles. The predicted molar refractivity (Wildman–Crippen MR) is 135 cm³/mol. The molecule has 0 unspecified atom stereocenters. The van der Waals surface area contributed by atoms with Gasteiger partial charge in [-0.1, -0.05) is 24.0 Å². The predicted octanol–water partition coefficient (Wildman–Crippen LogP) is 4.03. The first-order valence-corrected chi connectivity index (χ1v) is 11.5. The van der Waals surface area contributed by atoms with E-state index in [1.54, 1.807) is 61.9 Å². The zero-order valence-corrected chi connectivity index (χ0v) is 20.6. The van der Waals surface area contributed by atoms with E-state index in [2.05, 4.69) is 37.5 Å². The maximum atomic E-state index is 13.3. The number of nitrogens with zero attached hydrogens (tertiary/aromatic N) is 4. The third-order valence-electron chi connectivity index (χ3n) is 5.40. The number of hydrogen-bond donors (Lipinski definition) is 3. The Hall–Kier alpha value is -4.36. The smallest absolute Gasteiger partial charge is 0.264 e. The number of aromatic nitrogens is 4. The number of amides is 1. The molecule has 0 saturated heterocycles. The van der Waals surface area contributed by atoms with Gasteiger partial charge in [0.05, 0.1) is 24.0 Å². The molecule has 0 bridgehead atoms. The summed E-state index contributed by atoms with van der Waals surface area (Å²) < 4.78 is 28.2. The van der Waals surface area contributed by atoms with Gasteiger partial charge in [-0.2, -0.15) is 5.10 Å². The third-order valence-corrected chi connectivity index (χ3v) is 5.40. The molecule has 0 aliphatic heterocycles. The Bertz CT molecular complexity index is 1470. The highest BCUT2D eigenvalue weighted by Gasteiger charge is 2.16. The second-order valence-corrected chi connectivity index (χ2v) is 9.02. The molecule has 3 N–H and O–H groups in total. The van der Waals surface area contributed by atoms with Crippen LogP contribution in [0.2, 0.25) is 0 Å². The summed E-state index contributed by atoms with van der Waals surface area (Å²) >= 11 is 0.